The van der Waals surface area contributed by atoms with Gasteiger partial charge in [-0.2, -0.15) is 13.2 Å². The van der Waals surface area contributed by atoms with Crippen molar-refractivity contribution in [1.82, 2.24) is 5.32 Å². The van der Waals surface area contributed by atoms with Gasteiger partial charge in [-0.15, -0.1) is 0 Å². The van der Waals surface area contributed by atoms with Crippen LogP contribution in [0.3, 0.4) is 0 Å². The summed E-state index contributed by atoms with van der Waals surface area (Å²) < 4.78 is 45.2. The van der Waals surface area contributed by atoms with Gasteiger partial charge in [0.05, 0.1) is 22.9 Å². The number of alkyl halides is 3. The van der Waals surface area contributed by atoms with Crippen molar-refractivity contribution in [2.24, 2.45) is 0 Å². The monoisotopic (exact) mass is 476 g/mol. The smallest absolute Gasteiger partial charge is 0.376 e. The molecule has 2 aromatic carbocycles. The largest absolute Gasteiger partial charge is 0.418 e. The fraction of sp³-hybridized carbons (Fsp3) is 0.417. The van der Waals surface area contributed by atoms with Crippen molar-refractivity contribution in [2.75, 3.05) is 41.8 Å². The van der Waals surface area contributed by atoms with Crippen molar-refractivity contribution in [2.45, 2.75) is 38.0 Å². The van der Waals surface area contributed by atoms with E-state index in [0.29, 0.717) is 24.4 Å². The molecular formula is C24H27F3N4O3. The van der Waals surface area contributed by atoms with Gasteiger partial charge in [0, 0.05) is 37.6 Å². The third kappa shape index (κ3) is 5.80. The van der Waals surface area contributed by atoms with E-state index in [9.17, 15) is 22.8 Å². The van der Waals surface area contributed by atoms with Crippen molar-refractivity contribution in [3.63, 3.8) is 0 Å². The number of hydrogen-bond acceptors (Lipinski definition) is 4. The van der Waals surface area contributed by atoms with Crippen LogP contribution in [0.2, 0.25) is 0 Å². The van der Waals surface area contributed by atoms with Crippen LogP contribution in [0.25, 0.3) is 0 Å². The Bertz CT molecular complexity index is 1030. The van der Waals surface area contributed by atoms with Crippen LogP contribution in [0.15, 0.2) is 42.5 Å². The highest BCUT2D eigenvalue weighted by atomic mass is 19.4. The maximum absolute atomic E-state index is 13.2. The number of hydrogen-bond donors (Lipinski definition) is 3. The lowest BCUT2D eigenvalue weighted by atomic mass is 10.1. The molecule has 0 bridgehead atoms. The van der Waals surface area contributed by atoms with Gasteiger partial charge < -0.3 is 25.6 Å². The average Bonchev–Trinajstić information content (AvgIpc) is 3.51. The Labute approximate surface area is 195 Å². The molecule has 7 nitrogen and oxygen atoms in total. The summed E-state index contributed by atoms with van der Waals surface area (Å²) in [6, 6.07) is 8.85. The standard InChI is InChI=1S/C24H27F3N4O3/c25-24(26,27)19-7-1-2-8-20(19)30-23(33)29-16-9-10-21(31-11-3-4-12-31)18(14-16)22(32)28-15-17-6-5-13-34-17/h1-2,7-10,14,17H,3-6,11-13,15H2,(H,28,32)(H2,29,30,33). The van der Waals surface area contributed by atoms with Crippen LogP contribution in [0.4, 0.5) is 35.0 Å². The van der Waals surface area contributed by atoms with Gasteiger partial charge in [0.2, 0.25) is 0 Å². The van der Waals surface area contributed by atoms with Gasteiger partial charge in [-0.1, -0.05) is 12.1 Å². The fourth-order valence-corrected chi connectivity index (χ4v) is 4.26. The second-order valence-corrected chi connectivity index (χ2v) is 8.39. The lowest BCUT2D eigenvalue weighted by Crippen LogP contribution is -2.33. The molecule has 2 aliphatic heterocycles. The second kappa shape index (κ2) is 10.3. The zero-order chi connectivity index (χ0) is 24.1. The van der Waals surface area contributed by atoms with Crippen LogP contribution in [0.5, 0.6) is 0 Å². The lowest BCUT2D eigenvalue weighted by molar-refractivity contribution is -0.136. The molecule has 182 valence electrons. The van der Waals surface area contributed by atoms with Gasteiger partial charge in [-0.05, 0) is 56.0 Å². The summed E-state index contributed by atoms with van der Waals surface area (Å²) in [6.07, 6.45) is -0.711. The normalized spacial score (nSPS) is 18.1. The maximum Gasteiger partial charge on any atom is 0.418 e. The molecule has 0 radical (unpaired) electrons. The minimum atomic E-state index is -4.60. The van der Waals surface area contributed by atoms with Crippen molar-refractivity contribution < 1.29 is 27.5 Å². The van der Waals surface area contributed by atoms with Gasteiger partial charge >= 0.3 is 12.2 Å². The van der Waals surface area contributed by atoms with Gasteiger partial charge in [-0.25, -0.2) is 4.79 Å². The SMILES string of the molecule is O=C(Nc1ccc(N2CCCC2)c(C(=O)NCC2CCCO2)c1)Nc1ccccc1C(F)(F)F. The number of urea groups is 1. The highest BCUT2D eigenvalue weighted by molar-refractivity contribution is 6.04. The molecule has 0 aliphatic carbocycles. The first-order valence-electron chi connectivity index (χ1n) is 11.3. The van der Waals surface area contributed by atoms with Crippen LogP contribution in [0, 0.1) is 0 Å². The summed E-state index contributed by atoms with van der Waals surface area (Å²) in [5.41, 5.74) is 0.163. The van der Waals surface area contributed by atoms with E-state index >= 15 is 0 Å². The number of nitrogens with one attached hydrogen (secondary N) is 3. The lowest BCUT2D eigenvalue weighted by Gasteiger charge is -2.22. The van der Waals surface area contributed by atoms with Crippen molar-refractivity contribution in [3.8, 4) is 0 Å². The fourth-order valence-electron chi connectivity index (χ4n) is 4.26. The molecule has 4 rings (SSSR count). The third-order valence-corrected chi connectivity index (χ3v) is 5.94. The number of carbonyl (C=O) groups is 2. The summed E-state index contributed by atoms with van der Waals surface area (Å²) in [5.74, 6) is -0.288. The molecule has 0 aromatic heterocycles. The molecule has 2 fully saturated rings. The van der Waals surface area contributed by atoms with Crippen LogP contribution in [-0.4, -0.2) is 44.3 Å². The first kappa shape index (κ1) is 23.9. The Hall–Kier alpha value is -3.27. The van der Waals surface area contributed by atoms with Crippen LogP contribution >= 0.6 is 0 Å². The number of rotatable bonds is 6. The first-order chi connectivity index (χ1) is 16.3. The van der Waals surface area contributed by atoms with Crippen molar-refractivity contribution in [1.29, 1.82) is 0 Å². The highest BCUT2D eigenvalue weighted by Crippen LogP contribution is 2.34. The third-order valence-electron chi connectivity index (χ3n) is 5.94. The van der Waals surface area contributed by atoms with E-state index in [4.69, 9.17) is 4.74 Å². The van der Waals surface area contributed by atoms with Gasteiger partial charge in [0.1, 0.15) is 0 Å². The highest BCUT2D eigenvalue weighted by Gasteiger charge is 2.33. The molecule has 2 heterocycles. The number of halogens is 3. The number of nitrogens with zero attached hydrogens (tertiary/aromatic N) is 1. The number of amides is 3. The molecule has 1 atom stereocenters. The quantitative estimate of drug-likeness (QED) is 0.556. The van der Waals surface area contributed by atoms with Crippen molar-refractivity contribution in [3.05, 3.63) is 53.6 Å². The molecule has 3 N–H and O–H groups in total. The van der Waals surface area contributed by atoms with Crippen molar-refractivity contribution >= 4 is 29.0 Å². The van der Waals surface area contributed by atoms with Gasteiger partial charge in [0.15, 0.2) is 0 Å². The second-order valence-electron chi connectivity index (χ2n) is 8.39. The molecule has 34 heavy (non-hydrogen) atoms. The topological polar surface area (TPSA) is 82.7 Å². The Morgan fingerprint density at radius 2 is 1.79 bits per heavy atom. The summed E-state index contributed by atoms with van der Waals surface area (Å²) in [4.78, 5) is 27.6. The zero-order valence-corrected chi connectivity index (χ0v) is 18.6. The predicted octanol–water partition coefficient (Wildman–Crippen LogP) is 4.86. The average molecular weight is 476 g/mol. The van der Waals surface area contributed by atoms with Crippen LogP contribution in [-0.2, 0) is 10.9 Å². The molecule has 2 aliphatic rings. The summed E-state index contributed by atoms with van der Waals surface area (Å²) in [7, 11) is 0. The van der Waals surface area contributed by atoms with E-state index in [0.717, 1.165) is 50.5 Å². The van der Waals surface area contributed by atoms with E-state index in [-0.39, 0.29) is 17.7 Å². The number of para-hydroxylation sites is 1. The number of benzene rings is 2. The summed E-state index contributed by atoms with van der Waals surface area (Å²) >= 11 is 0. The summed E-state index contributed by atoms with van der Waals surface area (Å²) in [6.45, 7) is 2.73. The Morgan fingerprint density at radius 3 is 2.50 bits per heavy atom. The molecule has 3 amide bonds. The molecule has 2 aromatic rings. The predicted molar refractivity (Wildman–Crippen MR) is 123 cm³/mol. The molecule has 0 saturated carbocycles. The van der Waals surface area contributed by atoms with E-state index in [1.165, 1.54) is 18.2 Å². The van der Waals surface area contributed by atoms with Crippen LogP contribution < -0.4 is 20.9 Å². The Kier molecular flexibility index (Phi) is 7.26. The zero-order valence-electron chi connectivity index (χ0n) is 18.6. The first-order valence-corrected chi connectivity index (χ1v) is 11.3. The molecular weight excluding hydrogens is 449 g/mol. The van der Waals surface area contributed by atoms with E-state index in [1.807, 2.05) is 0 Å². The Morgan fingerprint density at radius 1 is 1.03 bits per heavy atom. The molecule has 10 heteroatoms. The minimum absolute atomic E-state index is 0.0139. The van der Waals surface area contributed by atoms with E-state index < -0.39 is 17.8 Å². The molecule has 1 unspecified atom stereocenters. The number of anilines is 3. The number of carbonyl (C=O) groups excluding carboxylic acids is 2. The van der Waals surface area contributed by atoms with Gasteiger partial charge in [-0.3, -0.25) is 4.79 Å². The molecule has 2 saturated heterocycles. The van der Waals surface area contributed by atoms with E-state index in [1.54, 1.807) is 18.2 Å². The maximum atomic E-state index is 13.2. The summed E-state index contributed by atoms with van der Waals surface area (Å²) in [5, 5.41) is 7.69. The Balaban J connectivity index is 1.50. The minimum Gasteiger partial charge on any atom is -0.376 e. The van der Waals surface area contributed by atoms with E-state index in [2.05, 4.69) is 20.9 Å². The van der Waals surface area contributed by atoms with Crippen LogP contribution in [0.1, 0.15) is 41.6 Å². The molecule has 0 spiro atoms. The number of ether oxygens (including phenoxy) is 1. The van der Waals surface area contributed by atoms with Gasteiger partial charge in [0.25, 0.3) is 5.91 Å².